The van der Waals surface area contributed by atoms with Gasteiger partial charge in [-0.25, -0.2) is 14.5 Å². The molecule has 0 spiro atoms. The fourth-order valence-electron chi connectivity index (χ4n) is 2.79. The molecule has 2 aromatic carbocycles. The van der Waals surface area contributed by atoms with Crippen LogP contribution in [0.5, 0.6) is 0 Å². The number of alkyl carbamates (subject to hydrolysis) is 1. The van der Waals surface area contributed by atoms with E-state index in [0.717, 1.165) is 16.0 Å². The van der Waals surface area contributed by atoms with Gasteiger partial charge in [-0.05, 0) is 30.5 Å². The largest absolute Gasteiger partial charge is 0.445 e. The Morgan fingerprint density at radius 2 is 1.47 bits per heavy atom. The van der Waals surface area contributed by atoms with Crippen LogP contribution in [0.2, 0.25) is 0 Å². The van der Waals surface area contributed by atoms with E-state index in [1.807, 2.05) is 48.5 Å². The molecule has 0 heterocycles. The topological polar surface area (TPSA) is 137 Å². The van der Waals surface area contributed by atoms with Crippen LogP contribution in [0.25, 0.3) is 0 Å². The summed E-state index contributed by atoms with van der Waals surface area (Å²) in [5.41, 5.74) is 13.0. The molecule has 2 rings (SSSR count). The molecule has 0 aromatic heterocycles. The molecule has 0 aliphatic carbocycles. The Hall–Kier alpha value is -3.43. The van der Waals surface area contributed by atoms with E-state index in [9.17, 15) is 14.4 Å². The molecule has 0 fully saturated rings. The lowest BCUT2D eigenvalue weighted by Crippen LogP contribution is -2.49. The van der Waals surface area contributed by atoms with Gasteiger partial charge in [-0.1, -0.05) is 60.7 Å². The average Bonchev–Trinajstić information content (AvgIpc) is 2.83. The molecule has 9 nitrogen and oxygen atoms in total. The number of nitrogens with zero attached hydrogens (tertiary/aromatic N) is 1. The third kappa shape index (κ3) is 8.75. The maximum Gasteiger partial charge on any atom is 0.416 e. The summed E-state index contributed by atoms with van der Waals surface area (Å²) in [6.07, 6.45) is -0.610. The van der Waals surface area contributed by atoms with Crippen LogP contribution in [0, 0.1) is 0 Å². The van der Waals surface area contributed by atoms with Crippen LogP contribution in [0.1, 0.15) is 24.0 Å². The molecule has 5 N–H and O–H groups in total. The monoisotopic (exact) mass is 442 g/mol. The van der Waals surface area contributed by atoms with Crippen molar-refractivity contribution in [2.24, 2.45) is 11.5 Å². The van der Waals surface area contributed by atoms with E-state index in [4.69, 9.17) is 20.9 Å². The van der Waals surface area contributed by atoms with Crippen LogP contribution < -0.4 is 16.8 Å². The number of carbonyl (C=O) groups is 3. The summed E-state index contributed by atoms with van der Waals surface area (Å²) in [6, 6.07) is 17.4. The summed E-state index contributed by atoms with van der Waals surface area (Å²) in [7, 11) is 0. The number of nitrogens with two attached hydrogens (primary N) is 2. The first-order chi connectivity index (χ1) is 15.5. The quantitative estimate of drug-likeness (QED) is 0.485. The van der Waals surface area contributed by atoms with Crippen molar-refractivity contribution < 1.29 is 23.9 Å². The maximum atomic E-state index is 12.7. The average molecular weight is 443 g/mol. The minimum Gasteiger partial charge on any atom is -0.445 e. The summed E-state index contributed by atoms with van der Waals surface area (Å²) >= 11 is 0. The standard InChI is InChI=1S/C23H30N4O5/c24-13-7-12-20(25)21(28)27(23(30)32-17-19-10-5-2-6-11-19)15-14-26-22(29)31-16-18-8-3-1-4-9-18/h1-6,8-11,20H,7,12-17,24-25H2,(H,26,29)/t20-/m1/s1. The summed E-state index contributed by atoms with van der Waals surface area (Å²) in [5, 5.41) is 2.53. The fourth-order valence-corrected chi connectivity index (χ4v) is 2.79. The Morgan fingerprint density at radius 3 is 2.03 bits per heavy atom. The molecule has 0 unspecified atom stereocenters. The fraction of sp³-hybridized carbons (Fsp3) is 0.348. The second-order valence-electron chi connectivity index (χ2n) is 7.06. The maximum absolute atomic E-state index is 12.7. The van der Waals surface area contributed by atoms with Crippen molar-refractivity contribution in [3.8, 4) is 0 Å². The number of carbonyl (C=O) groups excluding carboxylic acids is 3. The van der Waals surface area contributed by atoms with Crippen molar-refractivity contribution in [3.63, 3.8) is 0 Å². The molecule has 2 aromatic rings. The van der Waals surface area contributed by atoms with Gasteiger partial charge in [0.2, 0.25) is 5.91 Å². The van der Waals surface area contributed by atoms with Crippen molar-refractivity contribution in [1.29, 1.82) is 0 Å². The Balaban J connectivity index is 1.88. The third-order valence-corrected chi connectivity index (χ3v) is 4.55. The Kier molecular flexibility index (Phi) is 10.7. The van der Waals surface area contributed by atoms with Gasteiger partial charge in [0.05, 0.1) is 6.04 Å². The van der Waals surface area contributed by atoms with Crippen LogP contribution in [-0.2, 0) is 27.5 Å². The molecule has 0 aliphatic heterocycles. The molecular weight excluding hydrogens is 412 g/mol. The summed E-state index contributed by atoms with van der Waals surface area (Å²) in [6.45, 7) is 0.382. The van der Waals surface area contributed by atoms with E-state index >= 15 is 0 Å². The first kappa shape index (κ1) is 24.8. The number of amides is 3. The number of ether oxygens (including phenoxy) is 2. The molecule has 0 bridgehead atoms. The second-order valence-corrected chi connectivity index (χ2v) is 7.06. The lowest BCUT2D eigenvalue weighted by atomic mass is 10.1. The first-order valence-corrected chi connectivity index (χ1v) is 10.4. The highest BCUT2D eigenvalue weighted by atomic mass is 16.6. The highest BCUT2D eigenvalue weighted by molar-refractivity contribution is 5.94. The van der Waals surface area contributed by atoms with Crippen LogP contribution >= 0.6 is 0 Å². The van der Waals surface area contributed by atoms with Gasteiger partial charge < -0.3 is 26.3 Å². The van der Waals surface area contributed by atoms with Crippen LogP contribution in [0.3, 0.4) is 0 Å². The smallest absolute Gasteiger partial charge is 0.416 e. The summed E-state index contributed by atoms with van der Waals surface area (Å²) < 4.78 is 10.4. The van der Waals surface area contributed by atoms with Crippen LogP contribution in [0.15, 0.2) is 60.7 Å². The normalized spacial score (nSPS) is 11.3. The summed E-state index contributed by atoms with van der Waals surface area (Å²) in [4.78, 5) is 38.1. The lowest BCUT2D eigenvalue weighted by Gasteiger charge is -2.23. The van der Waals surface area contributed by atoms with Gasteiger partial charge in [-0.3, -0.25) is 4.79 Å². The first-order valence-electron chi connectivity index (χ1n) is 10.4. The van der Waals surface area contributed by atoms with Gasteiger partial charge in [0.25, 0.3) is 0 Å². The van der Waals surface area contributed by atoms with E-state index < -0.39 is 24.1 Å². The third-order valence-electron chi connectivity index (χ3n) is 4.55. The molecular formula is C23H30N4O5. The highest BCUT2D eigenvalue weighted by Crippen LogP contribution is 2.07. The van der Waals surface area contributed by atoms with Gasteiger partial charge >= 0.3 is 12.2 Å². The van der Waals surface area contributed by atoms with E-state index in [1.165, 1.54) is 0 Å². The molecule has 0 saturated heterocycles. The molecule has 0 radical (unpaired) electrons. The van der Waals surface area contributed by atoms with E-state index in [-0.39, 0.29) is 26.3 Å². The Bertz CT molecular complexity index is 848. The number of imide groups is 1. The van der Waals surface area contributed by atoms with Crippen molar-refractivity contribution in [1.82, 2.24) is 10.2 Å². The molecule has 0 saturated carbocycles. The molecule has 0 aliphatic rings. The molecule has 3 amide bonds. The SMILES string of the molecule is NCCC[C@@H](N)C(=O)N(CCNC(=O)OCc1ccccc1)C(=O)OCc1ccccc1. The minimum absolute atomic E-state index is 0.00797. The van der Waals surface area contributed by atoms with Gasteiger partial charge in [0, 0.05) is 13.1 Å². The predicted octanol–water partition coefficient (Wildman–Crippen LogP) is 2.14. The molecule has 1 atom stereocenters. The Morgan fingerprint density at radius 1 is 0.906 bits per heavy atom. The zero-order chi connectivity index (χ0) is 23.2. The molecule has 172 valence electrons. The molecule has 32 heavy (non-hydrogen) atoms. The predicted molar refractivity (Wildman–Crippen MR) is 119 cm³/mol. The Labute approximate surface area is 187 Å². The zero-order valence-electron chi connectivity index (χ0n) is 17.9. The number of hydrogen-bond donors (Lipinski definition) is 3. The van der Waals surface area contributed by atoms with Crippen LogP contribution in [-0.4, -0.2) is 48.7 Å². The van der Waals surface area contributed by atoms with Gasteiger partial charge in [0.15, 0.2) is 0 Å². The number of nitrogens with one attached hydrogen (secondary N) is 1. The van der Waals surface area contributed by atoms with Gasteiger partial charge in [-0.2, -0.15) is 0 Å². The van der Waals surface area contributed by atoms with Crippen molar-refractivity contribution in [2.45, 2.75) is 32.1 Å². The van der Waals surface area contributed by atoms with Crippen molar-refractivity contribution in [2.75, 3.05) is 19.6 Å². The minimum atomic E-state index is -0.896. The van der Waals surface area contributed by atoms with E-state index in [2.05, 4.69) is 5.32 Å². The van der Waals surface area contributed by atoms with Crippen LogP contribution in [0.4, 0.5) is 9.59 Å². The van der Waals surface area contributed by atoms with Gasteiger partial charge in [0.1, 0.15) is 13.2 Å². The number of benzene rings is 2. The van der Waals surface area contributed by atoms with E-state index in [0.29, 0.717) is 19.4 Å². The lowest BCUT2D eigenvalue weighted by molar-refractivity contribution is -0.131. The van der Waals surface area contributed by atoms with Crippen molar-refractivity contribution >= 4 is 18.1 Å². The highest BCUT2D eigenvalue weighted by Gasteiger charge is 2.27. The molecule has 9 heteroatoms. The van der Waals surface area contributed by atoms with Gasteiger partial charge in [-0.15, -0.1) is 0 Å². The zero-order valence-corrected chi connectivity index (χ0v) is 17.9. The summed E-state index contributed by atoms with van der Waals surface area (Å²) in [5.74, 6) is -0.587. The van der Waals surface area contributed by atoms with E-state index in [1.54, 1.807) is 12.1 Å². The van der Waals surface area contributed by atoms with Crippen molar-refractivity contribution in [3.05, 3.63) is 71.8 Å². The number of hydrogen-bond acceptors (Lipinski definition) is 7. The second kappa shape index (κ2) is 13.8. The number of rotatable bonds is 11.